The van der Waals surface area contributed by atoms with Crippen molar-refractivity contribution in [3.05, 3.63) is 54.7 Å². The lowest BCUT2D eigenvalue weighted by atomic mass is 10.1. The Labute approximate surface area is 134 Å². The highest BCUT2D eigenvalue weighted by Crippen LogP contribution is 2.34. The van der Waals surface area contributed by atoms with Gasteiger partial charge in [-0.05, 0) is 17.7 Å². The van der Waals surface area contributed by atoms with Crippen molar-refractivity contribution < 1.29 is 9.47 Å². The van der Waals surface area contributed by atoms with E-state index in [0.29, 0.717) is 23.1 Å². The van der Waals surface area contributed by atoms with E-state index in [1.807, 2.05) is 48.5 Å². The quantitative estimate of drug-likeness (QED) is 0.800. The molecule has 0 spiro atoms. The van der Waals surface area contributed by atoms with Gasteiger partial charge >= 0.3 is 0 Å². The molecule has 1 aromatic heterocycles. The first-order valence-electron chi connectivity index (χ1n) is 7.13. The van der Waals surface area contributed by atoms with E-state index in [2.05, 4.69) is 9.97 Å². The van der Waals surface area contributed by atoms with E-state index in [9.17, 15) is 0 Å². The van der Waals surface area contributed by atoms with Crippen LogP contribution in [0.1, 0.15) is 0 Å². The zero-order valence-corrected chi connectivity index (χ0v) is 13.0. The summed E-state index contributed by atoms with van der Waals surface area (Å²) in [6, 6.07) is 15.3. The number of hydrogen-bond donors (Lipinski definition) is 1. The van der Waals surface area contributed by atoms with Crippen LogP contribution in [-0.4, -0.2) is 24.2 Å². The smallest absolute Gasteiger partial charge is 0.161 e. The number of anilines is 1. The summed E-state index contributed by atoms with van der Waals surface area (Å²) >= 11 is 0. The normalized spacial score (nSPS) is 10.3. The molecule has 3 aromatic rings. The molecule has 2 N–H and O–H groups in total. The van der Waals surface area contributed by atoms with Gasteiger partial charge in [0.05, 0.1) is 14.2 Å². The Morgan fingerprint density at radius 3 is 2.26 bits per heavy atom. The summed E-state index contributed by atoms with van der Waals surface area (Å²) in [7, 11) is 3.20. The lowest BCUT2D eigenvalue weighted by Gasteiger charge is -2.11. The van der Waals surface area contributed by atoms with Gasteiger partial charge in [0, 0.05) is 17.3 Å². The van der Waals surface area contributed by atoms with Crippen molar-refractivity contribution in [1.29, 1.82) is 0 Å². The molecule has 0 aliphatic rings. The van der Waals surface area contributed by atoms with Crippen molar-refractivity contribution >= 4 is 5.82 Å². The number of ether oxygens (including phenoxy) is 2. The highest BCUT2D eigenvalue weighted by Gasteiger charge is 2.11. The minimum absolute atomic E-state index is 0.422. The standard InChI is InChI=1S/C18H17N3O2/c1-22-15-9-8-13(10-16(15)23-2)14-11-20-18(21-17(14)19)12-6-4-3-5-7-12/h3-11H,1-2H3,(H2,19,20,21). The van der Waals surface area contributed by atoms with Gasteiger partial charge in [-0.25, -0.2) is 9.97 Å². The number of nitrogens with two attached hydrogens (primary N) is 1. The van der Waals surface area contributed by atoms with Crippen LogP contribution in [0.2, 0.25) is 0 Å². The van der Waals surface area contributed by atoms with Crippen molar-refractivity contribution in [1.82, 2.24) is 9.97 Å². The lowest BCUT2D eigenvalue weighted by Crippen LogP contribution is -1.99. The largest absolute Gasteiger partial charge is 0.493 e. The third-order valence-corrected chi connectivity index (χ3v) is 3.54. The molecule has 3 rings (SSSR count). The van der Waals surface area contributed by atoms with Crippen LogP contribution in [0.15, 0.2) is 54.7 Å². The highest BCUT2D eigenvalue weighted by molar-refractivity contribution is 5.76. The van der Waals surface area contributed by atoms with Gasteiger partial charge in [-0.3, -0.25) is 0 Å². The Bertz CT molecular complexity index is 820. The molecule has 1 heterocycles. The van der Waals surface area contributed by atoms with Crippen LogP contribution >= 0.6 is 0 Å². The molecule has 0 amide bonds. The summed E-state index contributed by atoms with van der Waals surface area (Å²) in [6.07, 6.45) is 1.73. The first-order chi connectivity index (χ1) is 11.2. The fourth-order valence-corrected chi connectivity index (χ4v) is 2.35. The third kappa shape index (κ3) is 2.94. The first-order valence-corrected chi connectivity index (χ1v) is 7.13. The van der Waals surface area contributed by atoms with Crippen LogP contribution < -0.4 is 15.2 Å². The molecule has 2 aromatic carbocycles. The van der Waals surface area contributed by atoms with Gasteiger partial charge in [0.15, 0.2) is 17.3 Å². The topological polar surface area (TPSA) is 70.3 Å². The zero-order chi connectivity index (χ0) is 16.2. The van der Waals surface area contributed by atoms with Gasteiger partial charge in [0.1, 0.15) is 5.82 Å². The van der Waals surface area contributed by atoms with E-state index in [0.717, 1.165) is 16.7 Å². The van der Waals surface area contributed by atoms with Crippen molar-refractivity contribution in [2.24, 2.45) is 0 Å². The summed E-state index contributed by atoms with van der Waals surface area (Å²) in [4.78, 5) is 8.83. The van der Waals surface area contributed by atoms with Crippen LogP contribution in [0.5, 0.6) is 11.5 Å². The molecule has 0 saturated carbocycles. The van der Waals surface area contributed by atoms with Gasteiger partial charge in [0.25, 0.3) is 0 Å². The van der Waals surface area contributed by atoms with E-state index in [-0.39, 0.29) is 0 Å². The molecule has 0 fully saturated rings. The molecular weight excluding hydrogens is 290 g/mol. The molecule has 5 nitrogen and oxygen atoms in total. The van der Waals surface area contributed by atoms with Crippen molar-refractivity contribution in [2.45, 2.75) is 0 Å². The summed E-state index contributed by atoms with van der Waals surface area (Å²) in [5, 5.41) is 0. The second-order valence-electron chi connectivity index (χ2n) is 4.93. The Balaban J connectivity index is 2.01. The number of hydrogen-bond acceptors (Lipinski definition) is 5. The average Bonchev–Trinajstić information content (AvgIpc) is 2.61. The highest BCUT2D eigenvalue weighted by atomic mass is 16.5. The number of aromatic nitrogens is 2. The molecule has 116 valence electrons. The number of benzene rings is 2. The van der Waals surface area contributed by atoms with E-state index in [1.54, 1.807) is 20.4 Å². The number of rotatable bonds is 4. The summed E-state index contributed by atoms with van der Waals surface area (Å²) in [5.41, 5.74) is 8.69. The van der Waals surface area contributed by atoms with Crippen LogP contribution in [0.4, 0.5) is 5.82 Å². The molecule has 0 bridgehead atoms. The average molecular weight is 307 g/mol. The summed E-state index contributed by atoms with van der Waals surface area (Å²) in [5.74, 6) is 2.33. The molecular formula is C18H17N3O2. The van der Waals surface area contributed by atoms with E-state index < -0.39 is 0 Å². The van der Waals surface area contributed by atoms with Gasteiger partial charge < -0.3 is 15.2 Å². The molecule has 0 radical (unpaired) electrons. The van der Waals surface area contributed by atoms with E-state index >= 15 is 0 Å². The van der Waals surface area contributed by atoms with Crippen LogP contribution in [-0.2, 0) is 0 Å². The lowest BCUT2D eigenvalue weighted by molar-refractivity contribution is 0.355. The number of nitrogens with zero attached hydrogens (tertiary/aromatic N) is 2. The van der Waals surface area contributed by atoms with Crippen molar-refractivity contribution in [3.8, 4) is 34.0 Å². The van der Waals surface area contributed by atoms with Gasteiger partial charge in [-0.15, -0.1) is 0 Å². The van der Waals surface area contributed by atoms with Crippen LogP contribution in [0, 0.1) is 0 Å². The second-order valence-corrected chi connectivity index (χ2v) is 4.93. The molecule has 0 atom stereocenters. The molecule has 0 aliphatic carbocycles. The first kappa shape index (κ1) is 14.8. The summed E-state index contributed by atoms with van der Waals surface area (Å²) in [6.45, 7) is 0. The Hall–Kier alpha value is -3.08. The number of methoxy groups -OCH3 is 2. The maximum absolute atomic E-state index is 6.13. The predicted octanol–water partition coefficient (Wildman–Crippen LogP) is 3.41. The zero-order valence-electron chi connectivity index (χ0n) is 13.0. The van der Waals surface area contributed by atoms with Crippen molar-refractivity contribution in [3.63, 3.8) is 0 Å². The molecule has 0 unspecified atom stereocenters. The Morgan fingerprint density at radius 2 is 1.61 bits per heavy atom. The number of nitrogen functional groups attached to an aromatic ring is 1. The SMILES string of the molecule is COc1ccc(-c2cnc(-c3ccccc3)nc2N)cc1OC. The maximum atomic E-state index is 6.13. The molecule has 23 heavy (non-hydrogen) atoms. The van der Waals surface area contributed by atoms with Gasteiger partial charge in [-0.1, -0.05) is 36.4 Å². The fourth-order valence-electron chi connectivity index (χ4n) is 2.35. The van der Waals surface area contributed by atoms with Crippen LogP contribution in [0.25, 0.3) is 22.5 Å². The Morgan fingerprint density at radius 1 is 0.870 bits per heavy atom. The molecule has 0 aliphatic heterocycles. The monoisotopic (exact) mass is 307 g/mol. The Kier molecular flexibility index (Phi) is 4.10. The van der Waals surface area contributed by atoms with E-state index in [1.165, 1.54) is 0 Å². The molecule has 0 saturated heterocycles. The van der Waals surface area contributed by atoms with Gasteiger partial charge in [0.2, 0.25) is 0 Å². The minimum atomic E-state index is 0.422. The van der Waals surface area contributed by atoms with E-state index in [4.69, 9.17) is 15.2 Å². The third-order valence-electron chi connectivity index (χ3n) is 3.54. The summed E-state index contributed by atoms with van der Waals surface area (Å²) < 4.78 is 10.6. The fraction of sp³-hybridized carbons (Fsp3) is 0.111. The van der Waals surface area contributed by atoms with Crippen molar-refractivity contribution in [2.75, 3.05) is 20.0 Å². The van der Waals surface area contributed by atoms with Gasteiger partial charge in [-0.2, -0.15) is 0 Å². The second kappa shape index (κ2) is 6.36. The minimum Gasteiger partial charge on any atom is -0.493 e. The maximum Gasteiger partial charge on any atom is 0.161 e. The van der Waals surface area contributed by atoms with Crippen LogP contribution in [0.3, 0.4) is 0 Å². The predicted molar refractivity (Wildman–Crippen MR) is 90.4 cm³/mol. The molecule has 5 heteroatoms.